The van der Waals surface area contributed by atoms with Crippen molar-refractivity contribution in [2.24, 2.45) is 0 Å². The van der Waals surface area contributed by atoms with Gasteiger partial charge in [-0.05, 0) is 93.6 Å². The van der Waals surface area contributed by atoms with Crippen LogP contribution in [0, 0.1) is 0 Å². The first-order valence-electron chi connectivity index (χ1n) is 19.0. The highest BCUT2D eigenvalue weighted by molar-refractivity contribution is 7.25. The smallest absolute Gasteiger partial charge is 0.0540 e. The number of fused-ring (bicyclic) bond motifs is 4. The van der Waals surface area contributed by atoms with Crippen molar-refractivity contribution in [1.82, 2.24) is 0 Å². The third kappa shape index (κ3) is 5.80. The number of hydrogen-bond donors (Lipinski definition) is 0. The number of rotatable bonds is 6. The van der Waals surface area contributed by atoms with Gasteiger partial charge in [-0.3, -0.25) is 0 Å². The second-order valence-electron chi connectivity index (χ2n) is 15.5. The molecule has 0 unspecified atom stereocenters. The average Bonchev–Trinajstić information content (AvgIpc) is 3.57. The molecule has 1 aliphatic carbocycles. The Morgan fingerprint density at radius 1 is 0.500 bits per heavy atom. The molecular weight excluding hydrogens is 647 g/mol. The molecule has 9 rings (SSSR count). The largest absolute Gasteiger partial charge is 0.309 e. The molecule has 1 fully saturated rings. The Bertz CT molecular complexity index is 2540. The fourth-order valence-corrected chi connectivity index (χ4v) is 9.79. The minimum absolute atomic E-state index is 0.0628. The first-order valence-corrected chi connectivity index (χ1v) is 19.8. The Kier molecular flexibility index (Phi) is 8.44. The summed E-state index contributed by atoms with van der Waals surface area (Å²) in [5.74, 6) is 0.605. The Hall–Kier alpha value is -5.18. The van der Waals surface area contributed by atoms with Crippen LogP contribution in [-0.4, -0.2) is 0 Å². The van der Waals surface area contributed by atoms with E-state index in [-0.39, 0.29) is 5.41 Å². The van der Waals surface area contributed by atoms with E-state index in [1.54, 1.807) is 0 Å². The molecule has 0 atom stereocenters. The summed E-state index contributed by atoms with van der Waals surface area (Å²) in [7, 11) is 0. The normalized spacial score (nSPS) is 14.0. The lowest BCUT2D eigenvalue weighted by Gasteiger charge is -2.31. The molecule has 0 radical (unpaired) electrons. The highest BCUT2D eigenvalue weighted by Crippen LogP contribution is 2.49. The predicted molar refractivity (Wildman–Crippen MR) is 227 cm³/mol. The van der Waals surface area contributed by atoms with Gasteiger partial charge in [-0.25, -0.2) is 0 Å². The summed E-state index contributed by atoms with van der Waals surface area (Å²) in [4.78, 5) is 2.52. The van der Waals surface area contributed by atoms with Crippen molar-refractivity contribution >= 4 is 59.3 Å². The van der Waals surface area contributed by atoms with Gasteiger partial charge in [0, 0.05) is 37.0 Å². The van der Waals surface area contributed by atoms with Gasteiger partial charge in [-0.1, -0.05) is 155 Å². The topological polar surface area (TPSA) is 3.24 Å². The molecule has 256 valence electrons. The van der Waals surface area contributed by atoms with Crippen LogP contribution in [0.2, 0.25) is 0 Å². The van der Waals surface area contributed by atoms with Gasteiger partial charge in [0.25, 0.3) is 0 Å². The van der Waals surface area contributed by atoms with Crippen LogP contribution >= 0.6 is 11.3 Å². The second-order valence-corrected chi connectivity index (χ2v) is 16.6. The lowest BCUT2D eigenvalue weighted by Crippen LogP contribution is -2.14. The van der Waals surface area contributed by atoms with Crippen LogP contribution < -0.4 is 4.90 Å². The minimum Gasteiger partial charge on any atom is -0.309 e. The fourth-order valence-electron chi connectivity index (χ4n) is 8.66. The van der Waals surface area contributed by atoms with Crippen LogP contribution in [0.5, 0.6) is 0 Å². The van der Waals surface area contributed by atoms with E-state index >= 15 is 0 Å². The zero-order valence-electron chi connectivity index (χ0n) is 30.4. The van der Waals surface area contributed by atoms with Gasteiger partial charge in [0.2, 0.25) is 0 Å². The first kappa shape index (κ1) is 32.7. The average molecular weight is 692 g/mol. The van der Waals surface area contributed by atoms with Crippen molar-refractivity contribution in [3.05, 3.63) is 163 Å². The summed E-state index contributed by atoms with van der Waals surface area (Å²) < 4.78 is 2.65. The van der Waals surface area contributed by atoms with Gasteiger partial charge in [0.15, 0.2) is 0 Å². The molecule has 8 aromatic rings. The third-order valence-electron chi connectivity index (χ3n) is 11.2. The summed E-state index contributed by atoms with van der Waals surface area (Å²) >= 11 is 1.88. The first-order chi connectivity index (χ1) is 25.5. The molecule has 1 aromatic heterocycles. The number of anilines is 3. The molecule has 1 aliphatic rings. The fraction of sp³-hybridized carbons (Fsp3) is 0.200. The predicted octanol–water partition coefficient (Wildman–Crippen LogP) is 15.4. The molecule has 0 amide bonds. The van der Waals surface area contributed by atoms with Gasteiger partial charge < -0.3 is 4.90 Å². The van der Waals surface area contributed by atoms with E-state index in [1.807, 2.05) is 11.3 Å². The van der Waals surface area contributed by atoms with Gasteiger partial charge in [0.1, 0.15) is 0 Å². The van der Waals surface area contributed by atoms with Gasteiger partial charge in [-0.2, -0.15) is 0 Å². The lowest BCUT2D eigenvalue weighted by molar-refractivity contribution is 0.445. The summed E-state index contributed by atoms with van der Waals surface area (Å²) in [6.07, 6.45) is 6.55. The van der Waals surface area contributed by atoms with Crippen molar-refractivity contribution in [2.45, 2.75) is 64.2 Å². The summed E-state index contributed by atoms with van der Waals surface area (Å²) in [5, 5.41) is 5.39. The number of hydrogen-bond acceptors (Lipinski definition) is 2. The molecule has 1 heterocycles. The Morgan fingerprint density at radius 2 is 1.06 bits per heavy atom. The van der Waals surface area contributed by atoms with E-state index in [4.69, 9.17) is 0 Å². The molecule has 0 N–H and O–H groups in total. The zero-order valence-corrected chi connectivity index (χ0v) is 31.2. The molecule has 1 saturated carbocycles. The Labute approximate surface area is 312 Å². The van der Waals surface area contributed by atoms with E-state index in [2.05, 4.69) is 177 Å². The Balaban J connectivity index is 1.31. The second kappa shape index (κ2) is 13.4. The van der Waals surface area contributed by atoms with E-state index in [1.165, 1.54) is 108 Å². The SMILES string of the molecule is CC(C)(C)c1ccc(N(c2ccccc2-c2cccc3cccc(C4CCCCC4)c23)c2ccccc2-c2cccc3sc4ccccc4c23)cc1. The minimum atomic E-state index is 0.0628. The van der Waals surface area contributed by atoms with Crippen LogP contribution in [-0.2, 0) is 5.41 Å². The summed E-state index contributed by atoms with van der Waals surface area (Å²) in [5.41, 5.74) is 11.5. The zero-order chi connectivity index (χ0) is 35.2. The van der Waals surface area contributed by atoms with Crippen molar-refractivity contribution in [2.75, 3.05) is 4.90 Å². The quantitative estimate of drug-likeness (QED) is 0.168. The maximum absolute atomic E-state index is 2.52. The highest BCUT2D eigenvalue weighted by atomic mass is 32.1. The van der Waals surface area contributed by atoms with Crippen molar-refractivity contribution < 1.29 is 0 Å². The maximum atomic E-state index is 2.52. The van der Waals surface area contributed by atoms with E-state index in [0.29, 0.717) is 5.92 Å². The molecule has 0 bridgehead atoms. The number of thiophene rings is 1. The molecule has 1 nitrogen and oxygen atoms in total. The lowest BCUT2D eigenvalue weighted by atomic mass is 9.80. The van der Waals surface area contributed by atoms with E-state index in [9.17, 15) is 0 Å². The molecular formula is C50H45NS. The van der Waals surface area contributed by atoms with Crippen molar-refractivity contribution in [1.29, 1.82) is 0 Å². The van der Waals surface area contributed by atoms with Crippen LogP contribution in [0.4, 0.5) is 17.1 Å². The molecule has 0 saturated heterocycles. The molecule has 2 heteroatoms. The third-order valence-corrected chi connectivity index (χ3v) is 12.4. The van der Waals surface area contributed by atoms with Crippen LogP contribution in [0.3, 0.4) is 0 Å². The number of nitrogens with zero attached hydrogens (tertiary/aromatic N) is 1. The van der Waals surface area contributed by atoms with E-state index in [0.717, 1.165) is 5.69 Å². The number of para-hydroxylation sites is 2. The van der Waals surface area contributed by atoms with Crippen LogP contribution in [0.25, 0.3) is 53.2 Å². The van der Waals surface area contributed by atoms with Crippen molar-refractivity contribution in [3.63, 3.8) is 0 Å². The standard InChI is InChI=1S/C50H45NS/c1-50(2,3)36-30-32-37(33-31-36)51(45-27-11-8-21-40(45)42-25-15-29-47-49(42)43-22-9-12-28-46(43)52-47)44-26-10-7-20-39(44)41-24-14-19-35-18-13-23-38(48(35)41)34-16-5-4-6-17-34/h7-15,18-34H,4-6,16-17H2,1-3H3. The molecule has 7 aromatic carbocycles. The van der Waals surface area contributed by atoms with Gasteiger partial charge in [0.05, 0.1) is 11.4 Å². The summed E-state index contributed by atoms with van der Waals surface area (Å²) in [6.45, 7) is 6.88. The van der Waals surface area contributed by atoms with E-state index < -0.39 is 0 Å². The van der Waals surface area contributed by atoms with Crippen LogP contribution in [0.1, 0.15) is 69.9 Å². The van der Waals surface area contributed by atoms with Gasteiger partial charge in [-0.15, -0.1) is 11.3 Å². The summed E-state index contributed by atoms with van der Waals surface area (Å²) in [6, 6.07) is 57.0. The number of benzene rings is 7. The highest BCUT2D eigenvalue weighted by Gasteiger charge is 2.25. The Morgan fingerprint density at radius 3 is 1.75 bits per heavy atom. The monoisotopic (exact) mass is 691 g/mol. The molecule has 0 aliphatic heterocycles. The van der Waals surface area contributed by atoms with Crippen LogP contribution in [0.15, 0.2) is 152 Å². The maximum Gasteiger partial charge on any atom is 0.0540 e. The van der Waals surface area contributed by atoms with Crippen molar-refractivity contribution in [3.8, 4) is 22.3 Å². The molecule has 52 heavy (non-hydrogen) atoms. The molecule has 0 spiro atoms. The van der Waals surface area contributed by atoms with Gasteiger partial charge >= 0.3 is 0 Å².